The highest BCUT2D eigenvalue weighted by atomic mass is 35.5. The van der Waals surface area contributed by atoms with E-state index in [0.29, 0.717) is 11.1 Å². The van der Waals surface area contributed by atoms with Crippen LogP contribution in [0.2, 0.25) is 5.02 Å². The number of pyridine rings is 1. The van der Waals surface area contributed by atoms with E-state index in [9.17, 15) is 18.0 Å². The van der Waals surface area contributed by atoms with E-state index in [2.05, 4.69) is 4.98 Å². The molecule has 1 aromatic heterocycles. The average Bonchev–Trinajstić information content (AvgIpc) is 2.39. The van der Waals surface area contributed by atoms with Gasteiger partial charge in [0.2, 0.25) is 0 Å². The lowest BCUT2D eigenvalue weighted by Gasteiger charge is -2.10. The standard InChI is InChI=1S/C14H9ClF3NO2/c15-10-5-11(12(19-7-10)6-13(20)21)8-1-3-9(4-2-8)14(16,17)18/h1-5,7H,6H2,(H,20,21). The van der Waals surface area contributed by atoms with Crippen LogP contribution in [0.15, 0.2) is 36.5 Å². The molecule has 0 unspecified atom stereocenters. The van der Waals surface area contributed by atoms with E-state index in [1.165, 1.54) is 24.4 Å². The van der Waals surface area contributed by atoms with Gasteiger partial charge in [0.25, 0.3) is 0 Å². The van der Waals surface area contributed by atoms with Crippen molar-refractivity contribution in [3.8, 4) is 11.1 Å². The van der Waals surface area contributed by atoms with Gasteiger partial charge in [-0.3, -0.25) is 9.78 Å². The molecule has 0 radical (unpaired) electrons. The number of carboxylic acid groups (broad SMARTS) is 1. The topological polar surface area (TPSA) is 50.2 Å². The van der Waals surface area contributed by atoms with Crippen molar-refractivity contribution in [2.75, 3.05) is 0 Å². The summed E-state index contributed by atoms with van der Waals surface area (Å²) in [5.41, 5.74) is 0.292. The first-order valence-corrected chi connectivity index (χ1v) is 6.19. The molecule has 3 nitrogen and oxygen atoms in total. The predicted octanol–water partition coefficient (Wildman–Crippen LogP) is 4.05. The molecule has 1 N–H and O–H groups in total. The Morgan fingerprint density at radius 2 is 1.86 bits per heavy atom. The van der Waals surface area contributed by atoms with Crippen LogP contribution in [0, 0.1) is 0 Å². The summed E-state index contributed by atoms with van der Waals surface area (Å²) in [6.45, 7) is 0. The summed E-state index contributed by atoms with van der Waals surface area (Å²) in [6, 6.07) is 5.88. The third kappa shape index (κ3) is 3.72. The van der Waals surface area contributed by atoms with Crippen molar-refractivity contribution in [1.82, 2.24) is 4.98 Å². The maximum atomic E-state index is 12.5. The molecule has 110 valence electrons. The number of carbonyl (C=O) groups is 1. The Kier molecular flexibility index (Phi) is 4.18. The largest absolute Gasteiger partial charge is 0.481 e. The van der Waals surface area contributed by atoms with Crippen LogP contribution in [0.3, 0.4) is 0 Å². The van der Waals surface area contributed by atoms with Gasteiger partial charge in [-0.05, 0) is 23.8 Å². The van der Waals surface area contributed by atoms with Crippen molar-refractivity contribution in [3.05, 3.63) is 52.8 Å². The van der Waals surface area contributed by atoms with Gasteiger partial charge in [-0.2, -0.15) is 13.2 Å². The molecule has 0 spiro atoms. The van der Waals surface area contributed by atoms with Gasteiger partial charge in [-0.25, -0.2) is 0 Å². The smallest absolute Gasteiger partial charge is 0.416 e. The second-order valence-corrected chi connectivity index (χ2v) is 4.73. The van der Waals surface area contributed by atoms with Crippen LogP contribution in [-0.4, -0.2) is 16.1 Å². The van der Waals surface area contributed by atoms with E-state index in [1.54, 1.807) is 0 Å². The molecule has 0 aliphatic rings. The summed E-state index contributed by atoms with van der Waals surface area (Å²) >= 11 is 5.82. The van der Waals surface area contributed by atoms with Crippen molar-refractivity contribution in [2.24, 2.45) is 0 Å². The van der Waals surface area contributed by atoms with Gasteiger partial charge in [0.1, 0.15) is 0 Å². The summed E-state index contributed by atoms with van der Waals surface area (Å²) in [4.78, 5) is 14.7. The first-order valence-electron chi connectivity index (χ1n) is 5.81. The zero-order valence-electron chi connectivity index (χ0n) is 10.5. The molecule has 0 atom stereocenters. The molecule has 2 rings (SSSR count). The quantitative estimate of drug-likeness (QED) is 0.929. The highest BCUT2D eigenvalue weighted by Crippen LogP contribution is 2.32. The second-order valence-electron chi connectivity index (χ2n) is 4.29. The van der Waals surface area contributed by atoms with E-state index in [-0.39, 0.29) is 17.1 Å². The molecule has 1 aromatic carbocycles. The highest BCUT2D eigenvalue weighted by molar-refractivity contribution is 6.30. The number of hydrogen-bond acceptors (Lipinski definition) is 2. The number of aromatic nitrogens is 1. The predicted molar refractivity (Wildman–Crippen MR) is 71.0 cm³/mol. The summed E-state index contributed by atoms with van der Waals surface area (Å²) < 4.78 is 37.6. The molecule has 21 heavy (non-hydrogen) atoms. The number of rotatable bonds is 3. The van der Waals surface area contributed by atoms with Crippen LogP contribution < -0.4 is 0 Å². The Hall–Kier alpha value is -2.08. The van der Waals surface area contributed by atoms with Crippen molar-refractivity contribution < 1.29 is 23.1 Å². The first kappa shape index (κ1) is 15.3. The summed E-state index contributed by atoms with van der Waals surface area (Å²) in [6.07, 6.45) is -3.46. The van der Waals surface area contributed by atoms with Gasteiger partial charge in [0.05, 0.1) is 22.7 Å². The lowest BCUT2D eigenvalue weighted by atomic mass is 10.0. The first-order chi connectivity index (χ1) is 9.77. The summed E-state index contributed by atoms with van der Waals surface area (Å²) in [5, 5.41) is 9.11. The molecule has 1 heterocycles. The molecular formula is C14H9ClF3NO2. The average molecular weight is 316 g/mol. The maximum absolute atomic E-state index is 12.5. The summed E-state index contributed by atoms with van der Waals surface area (Å²) in [5.74, 6) is -1.09. The molecule has 0 aliphatic carbocycles. The minimum absolute atomic E-state index is 0.242. The molecule has 0 saturated heterocycles. The number of nitrogens with zero attached hydrogens (tertiary/aromatic N) is 1. The van der Waals surface area contributed by atoms with Crippen LogP contribution in [0.25, 0.3) is 11.1 Å². The Morgan fingerprint density at radius 3 is 2.38 bits per heavy atom. The highest BCUT2D eigenvalue weighted by Gasteiger charge is 2.30. The Balaban J connectivity index is 2.45. The molecule has 0 fully saturated rings. The molecule has 0 bridgehead atoms. The van der Waals surface area contributed by atoms with Crippen molar-refractivity contribution in [3.63, 3.8) is 0 Å². The normalized spacial score (nSPS) is 11.4. The van der Waals surface area contributed by atoms with E-state index in [1.807, 2.05) is 0 Å². The minimum Gasteiger partial charge on any atom is -0.481 e. The van der Waals surface area contributed by atoms with Crippen LogP contribution in [-0.2, 0) is 17.4 Å². The lowest BCUT2D eigenvalue weighted by Crippen LogP contribution is -2.05. The molecule has 0 saturated carbocycles. The third-order valence-corrected chi connectivity index (χ3v) is 2.99. The number of alkyl halides is 3. The van der Waals surface area contributed by atoms with Gasteiger partial charge in [-0.1, -0.05) is 23.7 Å². The lowest BCUT2D eigenvalue weighted by molar-refractivity contribution is -0.138. The van der Waals surface area contributed by atoms with Crippen LogP contribution in [0.5, 0.6) is 0 Å². The number of aliphatic carboxylic acids is 1. The number of halogens is 4. The zero-order chi connectivity index (χ0) is 15.6. The zero-order valence-corrected chi connectivity index (χ0v) is 11.2. The van der Waals surface area contributed by atoms with Gasteiger partial charge in [-0.15, -0.1) is 0 Å². The monoisotopic (exact) mass is 315 g/mol. The van der Waals surface area contributed by atoms with Gasteiger partial charge in [0.15, 0.2) is 0 Å². The molecule has 0 aliphatic heterocycles. The molecule has 2 aromatic rings. The Morgan fingerprint density at radius 1 is 1.24 bits per heavy atom. The van der Waals surface area contributed by atoms with E-state index in [4.69, 9.17) is 16.7 Å². The van der Waals surface area contributed by atoms with Crippen molar-refractivity contribution >= 4 is 17.6 Å². The van der Waals surface area contributed by atoms with Crippen LogP contribution in [0.4, 0.5) is 13.2 Å². The Bertz CT molecular complexity index is 669. The fourth-order valence-electron chi connectivity index (χ4n) is 1.84. The fraction of sp³-hybridized carbons (Fsp3) is 0.143. The van der Waals surface area contributed by atoms with Gasteiger partial charge >= 0.3 is 12.1 Å². The van der Waals surface area contributed by atoms with E-state index in [0.717, 1.165) is 12.1 Å². The molecule has 0 amide bonds. The second kappa shape index (κ2) is 5.73. The number of benzene rings is 1. The molecular weight excluding hydrogens is 307 g/mol. The van der Waals surface area contributed by atoms with Gasteiger partial charge in [0, 0.05) is 11.8 Å². The van der Waals surface area contributed by atoms with Crippen molar-refractivity contribution in [1.29, 1.82) is 0 Å². The minimum atomic E-state index is -4.42. The molecule has 7 heteroatoms. The van der Waals surface area contributed by atoms with Gasteiger partial charge < -0.3 is 5.11 Å². The maximum Gasteiger partial charge on any atom is 0.416 e. The Labute approximate surface area is 123 Å². The third-order valence-electron chi connectivity index (χ3n) is 2.78. The SMILES string of the molecule is O=C(O)Cc1ncc(Cl)cc1-c1ccc(C(F)(F)F)cc1. The van der Waals surface area contributed by atoms with E-state index >= 15 is 0 Å². The van der Waals surface area contributed by atoms with E-state index < -0.39 is 17.7 Å². The number of hydrogen-bond donors (Lipinski definition) is 1. The van der Waals surface area contributed by atoms with Crippen LogP contribution in [0.1, 0.15) is 11.3 Å². The van der Waals surface area contributed by atoms with Crippen molar-refractivity contribution in [2.45, 2.75) is 12.6 Å². The van der Waals surface area contributed by atoms with Crippen LogP contribution >= 0.6 is 11.6 Å². The number of carboxylic acids is 1. The fourth-order valence-corrected chi connectivity index (χ4v) is 2.00. The summed E-state index contributed by atoms with van der Waals surface area (Å²) in [7, 11) is 0.